The molecule has 0 fully saturated rings. The summed E-state index contributed by atoms with van der Waals surface area (Å²) in [6.45, 7) is 8.35. The van der Waals surface area contributed by atoms with Crippen LogP contribution in [0, 0.1) is 0 Å². The molecule has 0 amide bonds. The molecule has 0 aliphatic heterocycles. The van der Waals surface area contributed by atoms with Gasteiger partial charge in [-0.1, -0.05) is 30.9 Å². The summed E-state index contributed by atoms with van der Waals surface area (Å²) in [6.07, 6.45) is 7.66. The highest BCUT2D eigenvalue weighted by Gasteiger charge is 2.14. The van der Waals surface area contributed by atoms with Crippen molar-refractivity contribution < 1.29 is 19.0 Å². The second kappa shape index (κ2) is 14.8. The van der Waals surface area contributed by atoms with E-state index in [1.807, 2.05) is 31.2 Å². The standard InChI is InChI=1S/C29H34FN5O4/c1-5-22(17-28(38-4)31-11-13-36)25(30)14-20(3)35-12-10-27(37)26(34-35)16-21-8-7-9-23(15-21)29-32-18-24(19-33-29)39-6-2/h5,7-10,12,14-15,18-19,28,31,36H,3,6,11,13,16-17H2,1-2,4H3. The lowest BCUT2D eigenvalue weighted by Crippen LogP contribution is -2.33. The lowest BCUT2D eigenvalue weighted by atomic mass is 10.1. The first kappa shape index (κ1) is 29.6. The number of rotatable bonds is 14. The first-order chi connectivity index (χ1) is 18.9. The highest BCUT2D eigenvalue weighted by Crippen LogP contribution is 2.21. The van der Waals surface area contributed by atoms with E-state index in [1.54, 1.807) is 25.4 Å². The molecule has 1 atom stereocenters. The van der Waals surface area contributed by atoms with Crippen molar-refractivity contribution in [2.45, 2.75) is 32.9 Å². The van der Waals surface area contributed by atoms with E-state index in [4.69, 9.17) is 14.6 Å². The second-order valence-electron chi connectivity index (χ2n) is 8.53. The number of nitrogens with one attached hydrogen (secondary N) is 1. The average molecular weight is 536 g/mol. The molecule has 0 spiro atoms. The molecule has 2 heterocycles. The van der Waals surface area contributed by atoms with Gasteiger partial charge in [0, 0.05) is 44.3 Å². The van der Waals surface area contributed by atoms with Gasteiger partial charge in [0.15, 0.2) is 11.6 Å². The van der Waals surface area contributed by atoms with Crippen molar-refractivity contribution >= 4 is 5.70 Å². The Kier molecular flexibility index (Phi) is 11.2. The fraction of sp³-hybridized carbons (Fsp3) is 0.310. The normalized spacial score (nSPS) is 12.8. The SMILES string of the molecule is C=C(C=C(F)C(=CC)CC(NCCO)OC)n1ccc(=O)c(Cc2cccc(-c3ncc(OCC)cn3)c2)n1. The molecule has 2 aromatic heterocycles. The third-order valence-electron chi connectivity index (χ3n) is 5.79. The summed E-state index contributed by atoms with van der Waals surface area (Å²) in [5, 5.41) is 16.4. The van der Waals surface area contributed by atoms with Crippen molar-refractivity contribution in [2.24, 2.45) is 0 Å². The van der Waals surface area contributed by atoms with Crippen molar-refractivity contribution in [3.63, 3.8) is 0 Å². The Morgan fingerprint density at radius 3 is 2.72 bits per heavy atom. The highest BCUT2D eigenvalue weighted by atomic mass is 19.1. The van der Waals surface area contributed by atoms with Gasteiger partial charge in [-0.3, -0.25) is 10.1 Å². The van der Waals surface area contributed by atoms with Gasteiger partial charge in [0.05, 0.1) is 31.3 Å². The van der Waals surface area contributed by atoms with Gasteiger partial charge < -0.3 is 14.6 Å². The number of benzene rings is 1. The molecule has 9 nitrogen and oxygen atoms in total. The maximum Gasteiger partial charge on any atom is 0.203 e. The van der Waals surface area contributed by atoms with Crippen molar-refractivity contribution in [3.05, 3.63) is 101 Å². The van der Waals surface area contributed by atoms with Crippen LogP contribution in [0.15, 0.2) is 83.8 Å². The molecule has 3 rings (SSSR count). The number of halogens is 1. The Balaban J connectivity index is 1.77. The molecule has 0 aliphatic carbocycles. The minimum atomic E-state index is -0.500. The van der Waals surface area contributed by atoms with E-state index < -0.39 is 12.1 Å². The van der Waals surface area contributed by atoms with Crippen molar-refractivity contribution in [1.82, 2.24) is 25.1 Å². The first-order valence-electron chi connectivity index (χ1n) is 12.6. The number of hydrogen-bond donors (Lipinski definition) is 2. The molecule has 0 saturated heterocycles. The summed E-state index contributed by atoms with van der Waals surface area (Å²) >= 11 is 0. The number of ether oxygens (including phenoxy) is 2. The highest BCUT2D eigenvalue weighted by molar-refractivity contribution is 5.57. The van der Waals surface area contributed by atoms with E-state index in [0.717, 1.165) is 11.1 Å². The fourth-order valence-electron chi connectivity index (χ4n) is 3.77. The van der Waals surface area contributed by atoms with Crippen LogP contribution >= 0.6 is 0 Å². The zero-order chi connectivity index (χ0) is 28.2. The number of aromatic nitrogens is 4. The number of nitrogens with zero attached hydrogens (tertiary/aromatic N) is 4. The zero-order valence-corrected chi connectivity index (χ0v) is 22.4. The van der Waals surface area contributed by atoms with Crippen LogP contribution in [-0.2, 0) is 11.2 Å². The second-order valence-corrected chi connectivity index (χ2v) is 8.53. The van der Waals surface area contributed by atoms with E-state index in [-0.39, 0.29) is 36.3 Å². The molecule has 0 radical (unpaired) electrons. The van der Waals surface area contributed by atoms with Gasteiger partial charge in [0.25, 0.3) is 0 Å². The topological polar surface area (TPSA) is 111 Å². The zero-order valence-electron chi connectivity index (χ0n) is 22.4. The Hall–Kier alpha value is -3.99. The predicted molar refractivity (Wildman–Crippen MR) is 149 cm³/mol. The summed E-state index contributed by atoms with van der Waals surface area (Å²) in [6, 6.07) is 8.93. The fourth-order valence-corrected chi connectivity index (χ4v) is 3.77. The quantitative estimate of drug-likeness (QED) is 0.236. The molecular formula is C29H34FN5O4. The van der Waals surface area contributed by atoms with Gasteiger partial charge in [0.1, 0.15) is 17.7 Å². The van der Waals surface area contributed by atoms with E-state index >= 15 is 4.39 Å². The molecule has 0 bridgehead atoms. The van der Waals surface area contributed by atoms with Gasteiger partial charge in [-0.15, -0.1) is 0 Å². The Morgan fingerprint density at radius 1 is 1.28 bits per heavy atom. The predicted octanol–water partition coefficient (Wildman–Crippen LogP) is 3.90. The number of aliphatic hydroxyl groups excluding tert-OH is 1. The Labute approximate surface area is 227 Å². The van der Waals surface area contributed by atoms with E-state index in [1.165, 1.54) is 30.1 Å². The Morgan fingerprint density at radius 2 is 2.05 bits per heavy atom. The minimum absolute atomic E-state index is 0.0554. The van der Waals surface area contributed by atoms with E-state index in [0.29, 0.717) is 30.3 Å². The molecule has 206 valence electrons. The molecule has 2 N–H and O–H groups in total. The summed E-state index contributed by atoms with van der Waals surface area (Å²) < 4.78 is 27.2. The van der Waals surface area contributed by atoms with Crippen molar-refractivity contribution in [3.8, 4) is 17.1 Å². The van der Waals surface area contributed by atoms with Gasteiger partial charge >= 0.3 is 0 Å². The lowest BCUT2D eigenvalue weighted by Gasteiger charge is -2.18. The van der Waals surface area contributed by atoms with Gasteiger partial charge in [0.2, 0.25) is 5.43 Å². The average Bonchev–Trinajstić information content (AvgIpc) is 2.95. The van der Waals surface area contributed by atoms with Crippen LogP contribution in [0.25, 0.3) is 17.1 Å². The molecule has 1 aromatic carbocycles. The number of hydrogen-bond acceptors (Lipinski definition) is 8. The maximum atomic E-state index is 15.1. The van der Waals surface area contributed by atoms with Crippen LogP contribution in [0.1, 0.15) is 31.5 Å². The van der Waals surface area contributed by atoms with Crippen LogP contribution in [-0.4, -0.2) is 58.0 Å². The molecule has 3 aromatic rings. The van der Waals surface area contributed by atoms with Crippen LogP contribution in [0.2, 0.25) is 0 Å². The summed E-state index contributed by atoms with van der Waals surface area (Å²) in [7, 11) is 1.51. The molecular weight excluding hydrogens is 501 g/mol. The van der Waals surface area contributed by atoms with E-state index in [2.05, 4.69) is 27.0 Å². The summed E-state index contributed by atoms with van der Waals surface area (Å²) in [5.74, 6) is 0.630. The van der Waals surface area contributed by atoms with E-state index in [9.17, 15) is 4.79 Å². The number of methoxy groups -OCH3 is 1. The smallest absolute Gasteiger partial charge is 0.203 e. The third kappa shape index (κ3) is 8.51. The third-order valence-corrected chi connectivity index (χ3v) is 5.79. The lowest BCUT2D eigenvalue weighted by molar-refractivity contribution is 0.0696. The first-order valence-corrected chi connectivity index (χ1v) is 12.6. The van der Waals surface area contributed by atoms with Gasteiger partial charge in [-0.05, 0) is 37.1 Å². The van der Waals surface area contributed by atoms with Crippen LogP contribution in [0.4, 0.5) is 4.39 Å². The minimum Gasteiger partial charge on any atom is -0.491 e. The number of allylic oxidation sites excluding steroid dienone is 4. The molecule has 39 heavy (non-hydrogen) atoms. The molecule has 0 saturated carbocycles. The monoisotopic (exact) mass is 535 g/mol. The van der Waals surface area contributed by atoms with Crippen LogP contribution < -0.4 is 15.5 Å². The Bertz CT molecular complexity index is 1370. The van der Waals surface area contributed by atoms with Crippen molar-refractivity contribution in [2.75, 3.05) is 26.9 Å². The van der Waals surface area contributed by atoms with Crippen LogP contribution in [0.5, 0.6) is 5.75 Å². The maximum absolute atomic E-state index is 15.1. The summed E-state index contributed by atoms with van der Waals surface area (Å²) in [5.41, 5.74) is 2.35. The number of aliphatic hydroxyl groups is 1. The van der Waals surface area contributed by atoms with Gasteiger partial charge in [-0.2, -0.15) is 5.10 Å². The molecule has 1 unspecified atom stereocenters. The van der Waals surface area contributed by atoms with Crippen LogP contribution in [0.3, 0.4) is 0 Å². The largest absolute Gasteiger partial charge is 0.491 e. The van der Waals surface area contributed by atoms with Crippen molar-refractivity contribution in [1.29, 1.82) is 0 Å². The summed E-state index contributed by atoms with van der Waals surface area (Å²) in [4.78, 5) is 21.3. The molecule has 0 aliphatic rings. The molecule has 10 heteroatoms. The van der Waals surface area contributed by atoms with Gasteiger partial charge in [-0.25, -0.2) is 19.0 Å².